The van der Waals surface area contributed by atoms with Gasteiger partial charge in [-0.2, -0.15) is 0 Å². The maximum Gasteiger partial charge on any atom is 0.211 e. The van der Waals surface area contributed by atoms with E-state index < -0.39 is 0 Å². The van der Waals surface area contributed by atoms with Crippen LogP contribution in [0.2, 0.25) is 5.02 Å². The average Bonchev–Trinajstić information content (AvgIpc) is 2.10. The first kappa shape index (κ1) is 10.3. The van der Waals surface area contributed by atoms with Crippen molar-refractivity contribution in [3.8, 4) is 5.75 Å². The molecule has 0 saturated carbocycles. The number of anilines is 1. The van der Waals surface area contributed by atoms with Crippen molar-refractivity contribution in [2.45, 2.75) is 0 Å². The largest absolute Gasteiger partial charge is 0.495 e. The van der Waals surface area contributed by atoms with E-state index in [0.717, 1.165) is 0 Å². The van der Waals surface area contributed by atoms with Gasteiger partial charge in [-0.3, -0.25) is 4.79 Å². The Kier molecular flexibility index (Phi) is 3.57. The number of amides is 1. The van der Waals surface area contributed by atoms with E-state index in [-0.39, 0.29) is 0 Å². The van der Waals surface area contributed by atoms with Gasteiger partial charge in [0.1, 0.15) is 5.75 Å². The van der Waals surface area contributed by atoms with E-state index in [1.165, 1.54) is 7.11 Å². The van der Waals surface area contributed by atoms with Gasteiger partial charge in [0.05, 0.1) is 17.8 Å². The molecule has 0 unspecified atom stereocenters. The molecular formula is C8H7BrClNO2. The van der Waals surface area contributed by atoms with E-state index in [9.17, 15) is 4.79 Å². The lowest BCUT2D eigenvalue weighted by Crippen LogP contribution is -1.96. The van der Waals surface area contributed by atoms with E-state index in [0.29, 0.717) is 27.3 Å². The number of hydrogen-bond donors (Lipinski definition) is 1. The van der Waals surface area contributed by atoms with Gasteiger partial charge in [0, 0.05) is 10.5 Å². The molecule has 0 bridgehead atoms. The number of halogens is 2. The molecule has 1 aromatic rings. The predicted octanol–water partition coefficient (Wildman–Crippen LogP) is 2.68. The molecule has 0 aliphatic rings. The third kappa shape index (κ3) is 2.35. The Morgan fingerprint density at radius 1 is 1.62 bits per heavy atom. The van der Waals surface area contributed by atoms with Crippen LogP contribution in [0.3, 0.4) is 0 Å². The Morgan fingerprint density at radius 2 is 2.31 bits per heavy atom. The number of carbonyl (C=O) groups excluding carboxylic acids is 1. The summed E-state index contributed by atoms with van der Waals surface area (Å²) in [6.45, 7) is 0. The first-order valence-corrected chi connectivity index (χ1v) is 4.59. The van der Waals surface area contributed by atoms with Gasteiger partial charge in [0.25, 0.3) is 0 Å². The molecule has 1 amide bonds. The van der Waals surface area contributed by atoms with Crippen molar-refractivity contribution in [2.24, 2.45) is 0 Å². The summed E-state index contributed by atoms with van der Waals surface area (Å²) in [6.07, 6.45) is 0.591. The van der Waals surface area contributed by atoms with E-state index in [2.05, 4.69) is 21.2 Å². The molecule has 3 nitrogen and oxygen atoms in total. The fourth-order valence-electron chi connectivity index (χ4n) is 0.860. The van der Waals surface area contributed by atoms with Crippen LogP contribution in [-0.2, 0) is 4.79 Å². The fourth-order valence-corrected chi connectivity index (χ4v) is 1.69. The first-order valence-electron chi connectivity index (χ1n) is 3.42. The Balaban J connectivity index is 3.13. The van der Waals surface area contributed by atoms with Gasteiger partial charge in [0.15, 0.2) is 0 Å². The Bertz CT molecular complexity index is 330. The van der Waals surface area contributed by atoms with E-state index in [4.69, 9.17) is 16.3 Å². The minimum Gasteiger partial charge on any atom is -0.495 e. The Labute approximate surface area is 89.2 Å². The summed E-state index contributed by atoms with van der Waals surface area (Å²) in [4.78, 5) is 10.2. The number of ether oxygens (including phenoxy) is 1. The number of rotatable bonds is 3. The predicted molar refractivity (Wildman–Crippen MR) is 55.4 cm³/mol. The zero-order valence-electron chi connectivity index (χ0n) is 6.80. The highest BCUT2D eigenvalue weighted by atomic mass is 79.9. The third-order valence-electron chi connectivity index (χ3n) is 1.46. The number of hydrogen-bond acceptors (Lipinski definition) is 2. The summed E-state index contributed by atoms with van der Waals surface area (Å²) in [5.41, 5.74) is 0.622. The summed E-state index contributed by atoms with van der Waals surface area (Å²) in [5.74, 6) is 0.522. The lowest BCUT2D eigenvalue weighted by Gasteiger charge is -2.07. The van der Waals surface area contributed by atoms with Crippen molar-refractivity contribution in [1.29, 1.82) is 0 Å². The molecule has 0 aliphatic heterocycles. The van der Waals surface area contributed by atoms with Crippen LogP contribution in [0.4, 0.5) is 5.69 Å². The maximum atomic E-state index is 10.2. The highest BCUT2D eigenvalue weighted by molar-refractivity contribution is 9.10. The first-order chi connectivity index (χ1) is 6.19. The number of carbonyl (C=O) groups is 1. The quantitative estimate of drug-likeness (QED) is 0.853. The van der Waals surface area contributed by atoms with Crippen LogP contribution in [0.5, 0.6) is 5.75 Å². The Morgan fingerprint density at radius 3 is 2.85 bits per heavy atom. The normalized spacial score (nSPS) is 9.46. The lowest BCUT2D eigenvalue weighted by molar-refractivity contribution is -0.105. The fraction of sp³-hybridized carbons (Fsp3) is 0.125. The minimum atomic E-state index is 0.492. The zero-order valence-corrected chi connectivity index (χ0v) is 9.15. The number of benzene rings is 1. The van der Waals surface area contributed by atoms with Gasteiger partial charge in [-0.25, -0.2) is 0 Å². The molecule has 0 heterocycles. The molecule has 1 aromatic carbocycles. The molecule has 70 valence electrons. The van der Waals surface area contributed by atoms with Gasteiger partial charge in [-0.05, 0) is 22.0 Å². The van der Waals surface area contributed by atoms with Crippen LogP contribution in [0.25, 0.3) is 0 Å². The second-order valence-corrected chi connectivity index (χ2v) is 3.49. The van der Waals surface area contributed by atoms with Gasteiger partial charge in [-0.1, -0.05) is 11.6 Å². The third-order valence-corrected chi connectivity index (χ3v) is 2.41. The summed E-state index contributed by atoms with van der Waals surface area (Å²) in [7, 11) is 1.51. The molecular weight excluding hydrogens is 257 g/mol. The highest BCUT2D eigenvalue weighted by Gasteiger charge is 2.06. The van der Waals surface area contributed by atoms with E-state index >= 15 is 0 Å². The lowest BCUT2D eigenvalue weighted by atomic mass is 10.3. The van der Waals surface area contributed by atoms with Gasteiger partial charge in [-0.15, -0.1) is 0 Å². The molecule has 0 fully saturated rings. The molecule has 0 radical (unpaired) electrons. The topological polar surface area (TPSA) is 38.3 Å². The number of methoxy groups -OCH3 is 1. The van der Waals surface area contributed by atoms with Gasteiger partial charge < -0.3 is 10.1 Å². The second kappa shape index (κ2) is 4.48. The highest BCUT2D eigenvalue weighted by Crippen LogP contribution is 2.33. The van der Waals surface area contributed by atoms with Crippen molar-refractivity contribution in [3.05, 3.63) is 21.6 Å². The SMILES string of the molecule is COc1cc(NC=O)c(Br)cc1Cl. The minimum absolute atomic E-state index is 0.492. The smallest absolute Gasteiger partial charge is 0.211 e. The molecule has 5 heteroatoms. The molecule has 1 N–H and O–H groups in total. The maximum absolute atomic E-state index is 10.2. The van der Waals surface area contributed by atoms with Crippen LogP contribution in [0.1, 0.15) is 0 Å². The molecule has 1 rings (SSSR count). The van der Waals surface area contributed by atoms with Crippen LogP contribution in [0, 0.1) is 0 Å². The summed E-state index contributed by atoms with van der Waals surface area (Å²) in [5, 5.41) is 3.00. The Hall–Kier alpha value is -0.740. The van der Waals surface area contributed by atoms with Crippen LogP contribution in [0.15, 0.2) is 16.6 Å². The van der Waals surface area contributed by atoms with E-state index in [1.54, 1.807) is 12.1 Å². The zero-order chi connectivity index (χ0) is 9.84. The van der Waals surface area contributed by atoms with Crippen LogP contribution < -0.4 is 10.1 Å². The summed E-state index contributed by atoms with van der Waals surface area (Å²) in [6, 6.07) is 3.30. The van der Waals surface area contributed by atoms with Crippen molar-refractivity contribution < 1.29 is 9.53 Å². The standard InChI is InChI=1S/C8H7BrClNO2/c1-13-8-3-7(11-4-12)5(9)2-6(8)10/h2-4H,1H3,(H,11,12). The molecule has 0 spiro atoms. The molecule has 0 saturated heterocycles. The molecule has 0 aromatic heterocycles. The second-order valence-electron chi connectivity index (χ2n) is 2.23. The molecule has 13 heavy (non-hydrogen) atoms. The van der Waals surface area contributed by atoms with Gasteiger partial charge >= 0.3 is 0 Å². The van der Waals surface area contributed by atoms with E-state index in [1.807, 2.05) is 0 Å². The molecule has 0 atom stereocenters. The number of nitrogens with one attached hydrogen (secondary N) is 1. The van der Waals surface area contributed by atoms with Crippen molar-refractivity contribution >= 4 is 39.6 Å². The van der Waals surface area contributed by atoms with Gasteiger partial charge in [0.2, 0.25) is 6.41 Å². The molecule has 0 aliphatic carbocycles. The average molecular weight is 265 g/mol. The monoisotopic (exact) mass is 263 g/mol. The summed E-state index contributed by atoms with van der Waals surface area (Å²) < 4.78 is 5.69. The van der Waals surface area contributed by atoms with Crippen LogP contribution in [-0.4, -0.2) is 13.5 Å². The van der Waals surface area contributed by atoms with Crippen LogP contribution >= 0.6 is 27.5 Å². The van der Waals surface area contributed by atoms with Crippen molar-refractivity contribution in [1.82, 2.24) is 0 Å². The van der Waals surface area contributed by atoms with Crippen molar-refractivity contribution in [2.75, 3.05) is 12.4 Å². The van der Waals surface area contributed by atoms with Crippen molar-refractivity contribution in [3.63, 3.8) is 0 Å². The summed E-state index contributed by atoms with van der Waals surface area (Å²) >= 11 is 9.08.